The molecule has 0 atom stereocenters. The van der Waals surface area contributed by atoms with Crippen LogP contribution in [0.4, 0.5) is 11.6 Å². The molecule has 0 saturated heterocycles. The summed E-state index contributed by atoms with van der Waals surface area (Å²) in [6.07, 6.45) is 0. The molecule has 0 aliphatic carbocycles. The first kappa shape index (κ1) is 22.2. The van der Waals surface area contributed by atoms with E-state index in [9.17, 15) is 19.2 Å². The van der Waals surface area contributed by atoms with Gasteiger partial charge in [-0.25, -0.2) is 14.6 Å². The van der Waals surface area contributed by atoms with E-state index in [4.69, 9.17) is 0 Å². The van der Waals surface area contributed by atoms with Crippen molar-refractivity contribution in [2.45, 2.75) is 24.2 Å². The number of carbonyl (C=O) groups excluding carboxylic acids is 2. The Hall–Kier alpha value is -3.46. The molecule has 0 saturated carbocycles. The minimum Gasteiger partial charge on any atom is -0.304 e. The van der Waals surface area contributed by atoms with Gasteiger partial charge in [-0.05, 0) is 24.2 Å². The van der Waals surface area contributed by atoms with Gasteiger partial charge in [0.25, 0.3) is 11.1 Å². The summed E-state index contributed by atoms with van der Waals surface area (Å²) < 4.78 is 4.57. The Morgan fingerprint density at radius 2 is 1.29 bits per heavy atom. The molecule has 0 aliphatic heterocycles. The lowest BCUT2D eigenvalue weighted by molar-refractivity contribution is -0.114. The van der Waals surface area contributed by atoms with E-state index in [1.54, 1.807) is 13.8 Å². The summed E-state index contributed by atoms with van der Waals surface area (Å²) in [6.45, 7) is 3.33. The predicted molar refractivity (Wildman–Crippen MR) is 112 cm³/mol. The molecule has 3 rings (SSSR count). The molecule has 0 spiro atoms. The van der Waals surface area contributed by atoms with E-state index in [2.05, 4.69) is 45.5 Å². The quantitative estimate of drug-likeness (QED) is 0.265. The zero-order valence-electron chi connectivity index (χ0n) is 16.2. The molecule has 13 nitrogen and oxygen atoms in total. The van der Waals surface area contributed by atoms with Crippen LogP contribution in [0.1, 0.15) is 11.4 Å². The Morgan fingerprint density at radius 1 is 0.871 bits per heavy atom. The Labute approximate surface area is 182 Å². The van der Waals surface area contributed by atoms with Crippen LogP contribution in [0, 0.1) is 13.8 Å². The molecule has 0 radical (unpaired) electrons. The first-order chi connectivity index (χ1) is 14.8. The summed E-state index contributed by atoms with van der Waals surface area (Å²) in [5, 5.41) is 12.6. The monoisotopic (exact) mass is 464 g/mol. The highest BCUT2D eigenvalue weighted by Crippen LogP contribution is 2.18. The second-order valence-electron chi connectivity index (χ2n) is 6.02. The van der Waals surface area contributed by atoms with E-state index in [1.807, 2.05) is 0 Å². The van der Waals surface area contributed by atoms with Gasteiger partial charge in [-0.1, -0.05) is 23.5 Å². The third-order valence-corrected chi connectivity index (χ3v) is 5.13. The van der Waals surface area contributed by atoms with Crippen molar-refractivity contribution in [2.24, 2.45) is 0 Å². The predicted octanol–water partition coefficient (Wildman–Crippen LogP) is 0.315. The van der Waals surface area contributed by atoms with Crippen molar-refractivity contribution >= 4 is 47.0 Å². The summed E-state index contributed by atoms with van der Waals surface area (Å²) in [6, 6.07) is 2.68. The highest BCUT2D eigenvalue weighted by Gasteiger charge is 2.17. The van der Waals surface area contributed by atoms with Crippen LogP contribution in [-0.2, 0) is 9.59 Å². The second-order valence-corrected chi connectivity index (χ2v) is 7.95. The van der Waals surface area contributed by atoms with Crippen molar-refractivity contribution < 1.29 is 14.2 Å². The van der Waals surface area contributed by atoms with E-state index in [1.165, 1.54) is 12.1 Å². The van der Waals surface area contributed by atoms with Gasteiger partial charge in [0.15, 0.2) is 10.3 Å². The number of nitrogens with zero attached hydrogens (tertiary/aromatic N) is 4. The maximum Gasteiger partial charge on any atom is 0.251 e. The van der Waals surface area contributed by atoms with E-state index in [0.717, 1.165) is 23.5 Å². The Balaban J connectivity index is 1.52. The van der Waals surface area contributed by atoms with E-state index in [0.29, 0.717) is 21.7 Å². The molecular formula is C16H16N8O5S2. The van der Waals surface area contributed by atoms with Gasteiger partial charge in [-0.15, -0.1) is 0 Å². The SMILES string of the molecule is Cc1cc(=O)[nH]c(SCC(=O)Nc2nonc2NC(=O)CSc2nc(C)cc(=O)[nH]2)n1. The Bertz CT molecular complexity index is 1130. The molecule has 3 heterocycles. The first-order valence-corrected chi connectivity index (χ1v) is 10.6. The highest BCUT2D eigenvalue weighted by molar-refractivity contribution is 8.00. The van der Waals surface area contributed by atoms with Gasteiger partial charge in [0.1, 0.15) is 0 Å². The lowest BCUT2D eigenvalue weighted by atomic mass is 10.5. The first-order valence-electron chi connectivity index (χ1n) is 8.62. The summed E-state index contributed by atoms with van der Waals surface area (Å²) in [4.78, 5) is 60.4. The average Bonchev–Trinajstić information content (AvgIpc) is 3.10. The zero-order valence-corrected chi connectivity index (χ0v) is 17.8. The second kappa shape index (κ2) is 10.0. The van der Waals surface area contributed by atoms with Crippen molar-refractivity contribution in [3.8, 4) is 0 Å². The molecule has 0 aliphatic rings. The summed E-state index contributed by atoms with van der Waals surface area (Å²) in [7, 11) is 0. The number of anilines is 2. The minimum atomic E-state index is -0.476. The number of nitrogens with one attached hydrogen (secondary N) is 4. The number of aromatic amines is 2. The fourth-order valence-electron chi connectivity index (χ4n) is 2.20. The van der Waals surface area contributed by atoms with Crippen LogP contribution in [0.5, 0.6) is 0 Å². The minimum absolute atomic E-state index is 0.0725. The maximum absolute atomic E-state index is 12.1. The van der Waals surface area contributed by atoms with Gasteiger partial charge in [-0.3, -0.25) is 19.2 Å². The zero-order chi connectivity index (χ0) is 22.4. The molecule has 15 heteroatoms. The van der Waals surface area contributed by atoms with Gasteiger partial charge in [0.05, 0.1) is 11.5 Å². The van der Waals surface area contributed by atoms with Gasteiger partial charge >= 0.3 is 0 Å². The molecule has 4 N–H and O–H groups in total. The molecule has 3 aromatic rings. The molecule has 2 amide bonds. The lowest BCUT2D eigenvalue weighted by Gasteiger charge is -2.05. The van der Waals surface area contributed by atoms with Crippen molar-refractivity contribution in [1.82, 2.24) is 30.2 Å². The number of hydrogen-bond donors (Lipinski definition) is 4. The van der Waals surface area contributed by atoms with Crippen LogP contribution in [0.2, 0.25) is 0 Å². The van der Waals surface area contributed by atoms with Gasteiger partial charge in [-0.2, -0.15) is 0 Å². The highest BCUT2D eigenvalue weighted by atomic mass is 32.2. The van der Waals surface area contributed by atoms with Crippen LogP contribution >= 0.6 is 23.5 Å². The number of aromatic nitrogens is 6. The lowest BCUT2D eigenvalue weighted by Crippen LogP contribution is -2.19. The third kappa shape index (κ3) is 6.78. The van der Waals surface area contributed by atoms with Crippen molar-refractivity contribution in [1.29, 1.82) is 0 Å². The Morgan fingerprint density at radius 3 is 1.68 bits per heavy atom. The summed E-state index contributed by atoms with van der Waals surface area (Å²) >= 11 is 2.04. The van der Waals surface area contributed by atoms with E-state index in [-0.39, 0.29) is 34.3 Å². The molecule has 0 fully saturated rings. The fraction of sp³-hybridized carbons (Fsp3) is 0.250. The van der Waals surface area contributed by atoms with Crippen LogP contribution in [-0.4, -0.2) is 53.6 Å². The number of amides is 2. The molecular weight excluding hydrogens is 448 g/mol. The molecule has 3 aromatic heterocycles. The molecule has 31 heavy (non-hydrogen) atoms. The van der Waals surface area contributed by atoms with Gasteiger partial charge in [0.2, 0.25) is 23.5 Å². The van der Waals surface area contributed by atoms with Crippen molar-refractivity contribution in [3.63, 3.8) is 0 Å². The van der Waals surface area contributed by atoms with Crippen LogP contribution in [0.25, 0.3) is 0 Å². The number of hydrogen-bond acceptors (Lipinski definition) is 11. The Kier molecular flexibility index (Phi) is 7.19. The number of H-pyrrole nitrogens is 2. The summed E-state index contributed by atoms with van der Waals surface area (Å²) in [5.41, 5.74) is 0.424. The van der Waals surface area contributed by atoms with Crippen LogP contribution in [0.15, 0.2) is 36.7 Å². The van der Waals surface area contributed by atoms with Gasteiger partial charge in [0, 0.05) is 23.5 Å². The number of thioether (sulfide) groups is 2. The van der Waals surface area contributed by atoms with Gasteiger partial charge < -0.3 is 20.6 Å². The topological polar surface area (TPSA) is 189 Å². The molecule has 162 valence electrons. The molecule has 0 aromatic carbocycles. The largest absolute Gasteiger partial charge is 0.304 e. The number of aryl methyl sites for hydroxylation is 2. The average molecular weight is 464 g/mol. The molecule has 0 unspecified atom stereocenters. The fourth-order valence-corrected chi connectivity index (χ4v) is 3.64. The van der Waals surface area contributed by atoms with E-state index >= 15 is 0 Å². The smallest absolute Gasteiger partial charge is 0.251 e. The molecule has 0 bridgehead atoms. The normalized spacial score (nSPS) is 10.6. The van der Waals surface area contributed by atoms with Crippen LogP contribution in [0.3, 0.4) is 0 Å². The van der Waals surface area contributed by atoms with Crippen molar-refractivity contribution in [3.05, 3.63) is 44.2 Å². The number of rotatable bonds is 8. The van der Waals surface area contributed by atoms with Crippen molar-refractivity contribution in [2.75, 3.05) is 22.1 Å². The third-order valence-electron chi connectivity index (χ3n) is 3.38. The standard InChI is InChI=1S/C16H16N8O5S2/c1-7-3-9(25)21-15(17-7)30-5-11(27)19-13-14(24-29-23-13)20-12(28)6-31-16-18-8(2)4-10(26)22-16/h3-4H,5-6H2,1-2H3,(H,17,21,25)(H,18,22,26)(H,19,23,27)(H,20,24,28). The summed E-state index contributed by atoms with van der Waals surface area (Å²) in [5.74, 6) is -1.25. The maximum atomic E-state index is 12.1. The van der Waals surface area contributed by atoms with E-state index < -0.39 is 11.8 Å². The van der Waals surface area contributed by atoms with Crippen LogP contribution < -0.4 is 21.8 Å². The number of carbonyl (C=O) groups is 2.